The zero-order valence-electron chi connectivity index (χ0n) is 16.3. The van der Waals surface area contributed by atoms with Gasteiger partial charge in [0.1, 0.15) is 11.2 Å². The van der Waals surface area contributed by atoms with E-state index in [-0.39, 0.29) is 18.0 Å². The van der Waals surface area contributed by atoms with E-state index in [0.29, 0.717) is 0 Å². The molecule has 0 N–H and O–H groups in total. The van der Waals surface area contributed by atoms with E-state index in [9.17, 15) is 9.59 Å². The van der Waals surface area contributed by atoms with E-state index in [1.807, 2.05) is 46.9 Å². The highest BCUT2D eigenvalue weighted by atomic mass is 32.1. The zero-order valence-corrected chi connectivity index (χ0v) is 17.1. The molecule has 2 fully saturated rings. The van der Waals surface area contributed by atoms with Crippen LogP contribution in [-0.2, 0) is 9.47 Å². The van der Waals surface area contributed by atoms with Gasteiger partial charge < -0.3 is 9.47 Å². The van der Waals surface area contributed by atoms with Gasteiger partial charge in [-0.05, 0) is 76.8 Å². The summed E-state index contributed by atoms with van der Waals surface area (Å²) in [6.07, 6.45) is 0.606. The maximum absolute atomic E-state index is 12.9. The van der Waals surface area contributed by atoms with Gasteiger partial charge in [-0.3, -0.25) is 0 Å². The SMILES string of the molecule is CC(C)(C)OC(=O)N1[C@H]2C[C@H](c3ccsc3)[C@H](C2)N1C(=O)OC(C)(C)C. The van der Waals surface area contributed by atoms with Crippen LogP contribution in [0.5, 0.6) is 0 Å². The predicted molar refractivity (Wildman–Crippen MR) is 100 cm³/mol. The number of hydrogen-bond acceptors (Lipinski definition) is 5. The molecule has 1 saturated heterocycles. The van der Waals surface area contributed by atoms with Gasteiger partial charge in [0.05, 0.1) is 12.1 Å². The molecule has 6 nitrogen and oxygen atoms in total. The van der Waals surface area contributed by atoms with E-state index in [1.54, 1.807) is 11.3 Å². The second-order valence-corrected chi connectivity index (χ2v) is 9.79. The fourth-order valence-electron chi connectivity index (χ4n) is 3.72. The monoisotopic (exact) mass is 380 g/mol. The van der Waals surface area contributed by atoms with Crippen molar-refractivity contribution in [3.05, 3.63) is 22.4 Å². The Morgan fingerprint density at radius 1 is 1.00 bits per heavy atom. The molecule has 1 aliphatic carbocycles. The van der Waals surface area contributed by atoms with Crippen LogP contribution in [0.2, 0.25) is 0 Å². The van der Waals surface area contributed by atoms with Crippen molar-refractivity contribution in [3.8, 4) is 0 Å². The molecule has 144 valence electrons. The minimum absolute atomic E-state index is 0.0488. The number of fused-ring (bicyclic) bond motifs is 2. The van der Waals surface area contributed by atoms with E-state index in [0.717, 1.165) is 12.8 Å². The number of amides is 2. The number of nitrogens with zero attached hydrogens (tertiary/aromatic N) is 2. The number of hydrogen-bond donors (Lipinski definition) is 0. The Morgan fingerprint density at radius 2 is 1.58 bits per heavy atom. The Balaban J connectivity index is 1.87. The highest BCUT2D eigenvalue weighted by Gasteiger charge is 2.56. The second-order valence-electron chi connectivity index (χ2n) is 9.01. The van der Waals surface area contributed by atoms with E-state index < -0.39 is 23.4 Å². The first-order chi connectivity index (χ1) is 12.0. The molecule has 3 rings (SSSR count). The van der Waals surface area contributed by atoms with Crippen molar-refractivity contribution in [1.82, 2.24) is 10.0 Å². The molecule has 7 heteroatoms. The van der Waals surface area contributed by atoms with Crippen LogP contribution in [-0.4, -0.2) is 45.5 Å². The van der Waals surface area contributed by atoms with Crippen molar-refractivity contribution in [3.63, 3.8) is 0 Å². The Hall–Kier alpha value is -1.76. The molecule has 0 spiro atoms. The highest BCUT2D eigenvalue weighted by molar-refractivity contribution is 7.08. The predicted octanol–water partition coefficient (Wildman–Crippen LogP) is 4.77. The first kappa shape index (κ1) is 19.0. The van der Waals surface area contributed by atoms with Crippen LogP contribution in [0.25, 0.3) is 0 Å². The highest BCUT2D eigenvalue weighted by Crippen LogP contribution is 2.48. The summed E-state index contributed by atoms with van der Waals surface area (Å²) in [5.74, 6) is 0.220. The van der Waals surface area contributed by atoms with E-state index >= 15 is 0 Å². The van der Waals surface area contributed by atoms with Crippen molar-refractivity contribution in [1.29, 1.82) is 0 Å². The van der Waals surface area contributed by atoms with Crippen LogP contribution in [0.1, 0.15) is 65.9 Å². The topological polar surface area (TPSA) is 59.1 Å². The van der Waals surface area contributed by atoms with Gasteiger partial charge in [-0.15, -0.1) is 0 Å². The third-order valence-corrected chi connectivity index (χ3v) is 5.23. The number of ether oxygens (including phenoxy) is 2. The molecule has 2 aliphatic rings. The van der Waals surface area contributed by atoms with Gasteiger partial charge in [0.25, 0.3) is 0 Å². The number of carbonyl (C=O) groups excluding carboxylic acids is 2. The minimum Gasteiger partial charge on any atom is -0.442 e. The third-order valence-electron chi connectivity index (χ3n) is 4.53. The number of carbonyl (C=O) groups is 2. The van der Waals surface area contributed by atoms with Gasteiger partial charge in [0.2, 0.25) is 0 Å². The first-order valence-corrected chi connectivity index (χ1v) is 9.97. The quantitative estimate of drug-likeness (QED) is 0.704. The number of rotatable bonds is 1. The molecule has 2 bridgehead atoms. The molecule has 1 saturated carbocycles. The zero-order chi connectivity index (χ0) is 19.3. The molecule has 2 amide bonds. The molecule has 0 unspecified atom stereocenters. The fraction of sp³-hybridized carbons (Fsp3) is 0.684. The van der Waals surface area contributed by atoms with Crippen LogP contribution < -0.4 is 0 Å². The van der Waals surface area contributed by atoms with Crippen LogP contribution >= 0.6 is 11.3 Å². The summed E-state index contributed by atoms with van der Waals surface area (Å²) in [6.45, 7) is 11.0. The smallest absolute Gasteiger partial charge is 0.429 e. The Labute approximate surface area is 159 Å². The van der Waals surface area contributed by atoms with Gasteiger partial charge in [-0.25, -0.2) is 19.6 Å². The van der Waals surface area contributed by atoms with Crippen LogP contribution in [0, 0.1) is 0 Å². The largest absolute Gasteiger partial charge is 0.442 e. The number of thiophene rings is 1. The molecule has 1 aromatic heterocycles. The van der Waals surface area contributed by atoms with Gasteiger partial charge >= 0.3 is 12.2 Å². The Morgan fingerprint density at radius 3 is 2.08 bits per heavy atom. The van der Waals surface area contributed by atoms with Crippen LogP contribution in [0.15, 0.2) is 16.8 Å². The maximum Gasteiger partial charge on any atom is 0.429 e. The van der Waals surface area contributed by atoms with Crippen molar-refractivity contribution in [2.24, 2.45) is 0 Å². The summed E-state index contributed by atoms with van der Waals surface area (Å²) in [6, 6.07) is 1.96. The summed E-state index contributed by atoms with van der Waals surface area (Å²) < 4.78 is 11.1. The third kappa shape index (κ3) is 3.82. The molecule has 3 atom stereocenters. The lowest BCUT2D eigenvalue weighted by molar-refractivity contribution is -0.0788. The Kier molecular flexibility index (Phi) is 4.71. The molecule has 1 aliphatic heterocycles. The van der Waals surface area contributed by atoms with Gasteiger partial charge in [0, 0.05) is 5.92 Å². The maximum atomic E-state index is 12.9. The van der Waals surface area contributed by atoms with Crippen molar-refractivity contribution in [2.75, 3.05) is 0 Å². The average molecular weight is 381 g/mol. The summed E-state index contributed by atoms with van der Waals surface area (Å²) in [5.41, 5.74) is -0.0262. The molecular formula is C19H28N2O4S. The summed E-state index contributed by atoms with van der Waals surface area (Å²) in [4.78, 5) is 25.7. The number of hydrazine groups is 1. The second kappa shape index (κ2) is 6.44. The van der Waals surface area contributed by atoms with Crippen LogP contribution in [0.4, 0.5) is 9.59 Å². The lowest BCUT2D eigenvalue weighted by Crippen LogP contribution is -2.57. The first-order valence-electron chi connectivity index (χ1n) is 9.03. The van der Waals surface area contributed by atoms with Gasteiger partial charge in [-0.1, -0.05) is 0 Å². The van der Waals surface area contributed by atoms with E-state index in [2.05, 4.69) is 11.4 Å². The standard InChI is InChI=1S/C19H28N2O4S/c1-18(2,3)24-16(22)20-13-9-14(12-7-8-26-11-12)15(10-13)21(20)17(23)25-19(4,5)6/h7-8,11,13-15H,9-10H2,1-6H3/t13-,14+,15-/m0/s1. The summed E-state index contributed by atoms with van der Waals surface area (Å²) in [5, 5.41) is 7.14. The summed E-state index contributed by atoms with van der Waals surface area (Å²) in [7, 11) is 0. The minimum atomic E-state index is -0.629. The molecular weight excluding hydrogens is 352 g/mol. The van der Waals surface area contributed by atoms with E-state index in [1.165, 1.54) is 15.6 Å². The van der Waals surface area contributed by atoms with Crippen molar-refractivity contribution < 1.29 is 19.1 Å². The van der Waals surface area contributed by atoms with Gasteiger partial charge in [-0.2, -0.15) is 11.3 Å². The fourth-order valence-corrected chi connectivity index (χ4v) is 4.44. The Bertz CT molecular complexity index is 675. The van der Waals surface area contributed by atoms with Gasteiger partial charge in [0.15, 0.2) is 0 Å². The molecule has 2 heterocycles. The van der Waals surface area contributed by atoms with E-state index in [4.69, 9.17) is 9.47 Å². The molecule has 0 aromatic carbocycles. The molecule has 0 radical (unpaired) electrons. The van der Waals surface area contributed by atoms with Crippen molar-refractivity contribution >= 4 is 23.5 Å². The normalized spacial score (nSPS) is 25.5. The molecule has 26 heavy (non-hydrogen) atoms. The van der Waals surface area contributed by atoms with Crippen LogP contribution in [0.3, 0.4) is 0 Å². The average Bonchev–Trinajstić information content (AvgIpc) is 3.17. The lowest BCUT2D eigenvalue weighted by Gasteiger charge is -2.41. The lowest BCUT2D eigenvalue weighted by atomic mass is 9.95. The van der Waals surface area contributed by atoms with Crippen molar-refractivity contribution in [2.45, 2.75) is 83.6 Å². The molecule has 1 aromatic rings. The summed E-state index contributed by atoms with van der Waals surface area (Å²) >= 11 is 1.65.